The highest BCUT2D eigenvalue weighted by molar-refractivity contribution is 9.10. The van der Waals surface area contributed by atoms with Crippen molar-refractivity contribution in [3.8, 4) is 22.9 Å². The molecule has 9 heteroatoms. The third-order valence-electron chi connectivity index (χ3n) is 5.94. The summed E-state index contributed by atoms with van der Waals surface area (Å²) < 4.78 is 13.5. The summed E-state index contributed by atoms with van der Waals surface area (Å²) in [6.45, 7) is 0.209. The van der Waals surface area contributed by atoms with Gasteiger partial charge < -0.3 is 14.6 Å². The molecular formula is C30H22BrN3O5. The standard InChI is InChI=1S/C30H22BrN3O5/c1-38-26-16-20(15-24(31)27(26)39-18-19-11-13-22(14-12-19)30(36)37)17-32-34-28(21-7-3-2-4-8-21)33-25-10-6-5-9-23(25)29(34)35/h2-17H,18H2,1H3,(H,36,37). The first-order valence-corrected chi connectivity index (χ1v) is 12.7. The summed E-state index contributed by atoms with van der Waals surface area (Å²) in [7, 11) is 1.53. The third kappa shape index (κ3) is 5.58. The minimum absolute atomic E-state index is 0.206. The Morgan fingerprint density at radius 2 is 1.74 bits per heavy atom. The van der Waals surface area contributed by atoms with Crippen molar-refractivity contribution in [2.45, 2.75) is 6.61 Å². The van der Waals surface area contributed by atoms with Crippen molar-refractivity contribution in [2.24, 2.45) is 5.10 Å². The van der Waals surface area contributed by atoms with Crippen LogP contribution in [0, 0.1) is 0 Å². The highest BCUT2D eigenvalue weighted by atomic mass is 79.9. The second-order valence-corrected chi connectivity index (χ2v) is 9.36. The number of carboxylic acid groups (broad SMARTS) is 1. The van der Waals surface area contributed by atoms with Crippen molar-refractivity contribution in [3.05, 3.63) is 123 Å². The first kappa shape index (κ1) is 25.9. The van der Waals surface area contributed by atoms with Gasteiger partial charge in [0.25, 0.3) is 5.56 Å². The second-order valence-electron chi connectivity index (χ2n) is 8.50. The van der Waals surface area contributed by atoms with Crippen molar-refractivity contribution in [1.82, 2.24) is 9.66 Å². The molecule has 8 nitrogen and oxygen atoms in total. The van der Waals surface area contributed by atoms with Crippen LogP contribution in [0.25, 0.3) is 22.3 Å². The first-order chi connectivity index (χ1) is 18.9. The number of fused-ring (bicyclic) bond motifs is 1. The number of hydrogen-bond acceptors (Lipinski definition) is 6. The molecule has 0 saturated carbocycles. The van der Waals surface area contributed by atoms with Crippen molar-refractivity contribution >= 4 is 39.0 Å². The van der Waals surface area contributed by atoms with Crippen LogP contribution in [-0.4, -0.2) is 34.1 Å². The van der Waals surface area contributed by atoms with Gasteiger partial charge >= 0.3 is 5.97 Å². The van der Waals surface area contributed by atoms with Crippen LogP contribution in [-0.2, 0) is 6.61 Å². The zero-order valence-electron chi connectivity index (χ0n) is 20.7. The lowest BCUT2D eigenvalue weighted by molar-refractivity contribution is 0.0697. The van der Waals surface area contributed by atoms with Crippen LogP contribution in [0.3, 0.4) is 0 Å². The number of para-hydroxylation sites is 1. The molecule has 0 aliphatic rings. The molecule has 5 aromatic rings. The fourth-order valence-electron chi connectivity index (χ4n) is 3.98. The highest BCUT2D eigenvalue weighted by Gasteiger charge is 2.14. The lowest BCUT2D eigenvalue weighted by Gasteiger charge is -2.14. The van der Waals surface area contributed by atoms with E-state index >= 15 is 0 Å². The van der Waals surface area contributed by atoms with Crippen LogP contribution in [0.1, 0.15) is 21.5 Å². The molecule has 5 rings (SSSR count). The largest absolute Gasteiger partial charge is 0.493 e. The number of carboxylic acids is 1. The molecule has 0 aliphatic carbocycles. The second kappa shape index (κ2) is 11.3. The van der Waals surface area contributed by atoms with Crippen LogP contribution in [0.5, 0.6) is 11.5 Å². The van der Waals surface area contributed by atoms with Crippen LogP contribution in [0.2, 0.25) is 0 Å². The Kier molecular flexibility index (Phi) is 7.51. The molecule has 194 valence electrons. The zero-order chi connectivity index (χ0) is 27.4. The van der Waals surface area contributed by atoms with E-state index in [2.05, 4.69) is 21.0 Å². The Morgan fingerprint density at radius 1 is 1.03 bits per heavy atom. The topological polar surface area (TPSA) is 103 Å². The monoisotopic (exact) mass is 583 g/mol. The molecule has 0 amide bonds. The zero-order valence-corrected chi connectivity index (χ0v) is 22.3. The number of aromatic carboxylic acids is 1. The van der Waals surface area contributed by atoms with Gasteiger partial charge in [-0.15, -0.1) is 0 Å². The molecule has 0 aliphatic heterocycles. The van der Waals surface area contributed by atoms with E-state index in [0.717, 1.165) is 11.1 Å². The van der Waals surface area contributed by atoms with Crippen molar-refractivity contribution in [2.75, 3.05) is 7.11 Å². The molecular weight excluding hydrogens is 562 g/mol. The van der Waals surface area contributed by atoms with E-state index in [9.17, 15) is 9.59 Å². The normalized spacial score (nSPS) is 11.1. The highest BCUT2D eigenvalue weighted by Crippen LogP contribution is 2.37. The van der Waals surface area contributed by atoms with Gasteiger partial charge in [0, 0.05) is 5.56 Å². The summed E-state index contributed by atoms with van der Waals surface area (Å²) in [5.74, 6) is 0.379. The van der Waals surface area contributed by atoms with E-state index in [0.29, 0.717) is 38.3 Å². The van der Waals surface area contributed by atoms with Gasteiger partial charge in [-0.3, -0.25) is 4.79 Å². The number of ether oxygens (including phenoxy) is 2. The van der Waals surface area contributed by atoms with Crippen LogP contribution in [0.15, 0.2) is 105 Å². The molecule has 0 radical (unpaired) electrons. The lowest BCUT2D eigenvalue weighted by atomic mass is 10.1. The average Bonchev–Trinajstić information content (AvgIpc) is 2.96. The third-order valence-corrected chi connectivity index (χ3v) is 6.53. The smallest absolute Gasteiger partial charge is 0.335 e. The Labute approximate surface area is 231 Å². The lowest BCUT2D eigenvalue weighted by Crippen LogP contribution is -2.20. The number of methoxy groups -OCH3 is 1. The van der Waals surface area contributed by atoms with E-state index in [4.69, 9.17) is 19.6 Å². The van der Waals surface area contributed by atoms with E-state index < -0.39 is 5.97 Å². The molecule has 0 bridgehead atoms. The number of aromatic nitrogens is 2. The van der Waals surface area contributed by atoms with E-state index in [-0.39, 0.29) is 17.7 Å². The van der Waals surface area contributed by atoms with Crippen molar-refractivity contribution in [3.63, 3.8) is 0 Å². The quantitative estimate of drug-likeness (QED) is 0.225. The maximum Gasteiger partial charge on any atom is 0.335 e. The molecule has 1 heterocycles. The van der Waals surface area contributed by atoms with Crippen molar-refractivity contribution in [1.29, 1.82) is 0 Å². The van der Waals surface area contributed by atoms with Crippen LogP contribution < -0.4 is 15.0 Å². The van der Waals surface area contributed by atoms with Gasteiger partial charge in [-0.05, 0) is 63.5 Å². The summed E-state index contributed by atoms with van der Waals surface area (Å²) in [6, 6.07) is 26.6. The summed E-state index contributed by atoms with van der Waals surface area (Å²) >= 11 is 3.54. The van der Waals surface area contributed by atoms with Gasteiger partial charge in [-0.1, -0.05) is 54.6 Å². The predicted octanol–water partition coefficient (Wildman–Crippen LogP) is 5.99. The number of benzene rings is 4. The fourth-order valence-corrected chi connectivity index (χ4v) is 4.56. The fraction of sp³-hybridized carbons (Fsp3) is 0.0667. The number of halogens is 1. The Balaban J connectivity index is 1.47. The summed E-state index contributed by atoms with van der Waals surface area (Å²) in [6.07, 6.45) is 1.56. The molecule has 0 fully saturated rings. The average molecular weight is 584 g/mol. The number of nitrogens with zero attached hydrogens (tertiary/aromatic N) is 3. The molecule has 1 N–H and O–H groups in total. The van der Waals surface area contributed by atoms with Gasteiger partial charge in [-0.2, -0.15) is 9.78 Å². The molecule has 0 spiro atoms. The van der Waals surface area contributed by atoms with E-state index in [1.165, 1.54) is 23.9 Å². The molecule has 39 heavy (non-hydrogen) atoms. The minimum Gasteiger partial charge on any atom is -0.493 e. The van der Waals surface area contributed by atoms with E-state index in [1.807, 2.05) is 36.4 Å². The van der Waals surface area contributed by atoms with Gasteiger partial charge in [0.2, 0.25) is 0 Å². The van der Waals surface area contributed by atoms with Gasteiger partial charge in [-0.25, -0.2) is 9.78 Å². The molecule has 1 aromatic heterocycles. The Morgan fingerprint density at radius 3 is 2.46 bits per heavy atom. The predicted molar refractivity (Wildman–Crippen MR) is 153 cm³/mol. The van der Waals surface area contributed by atoms with Crippen LogP contribution in [0.4, 0.5) is 0 Å². The Bertz CT molecular complexity index is 1750. The maximum absolute atomic E-state index is 13.4. The SMILES string of the molecule is COc1cc(C=Nn2c(-c3ccccc3)nc3ccccc3c2=O)cc(Br)c1OCc1ccc(C(=O)O)cc1. The number of hydrogen-bond donors (Lipinski definition) is 1. The van der Waals surface area contributed by atoms with Crippen LogP contribution >= 0.6 is 15.9 Å². The van der Waals surface area contributed by atoms with Gasteiger partial charge in [0.05, 0.1) is 34.3 Å². The van der Waals surface area contributed by atoms with Gasteiger partial charge in [0.15, 0.2) is 17.3 Å². The molecule has 0 saturated heterocycles. The number of carbonyl (C=O) groups is 1. The molecule has 4 aromatic carbocycles. The van der Waals surface area contributed by atoms with Crippen molar-refractivity contribution < 1.29 is 19.4 Å². The molecule has 0 unspecified atom stereocenters. The molecule has 0 atom stereocenters. The summed E-state index contributed by atoms with van der Waals surface area (Å²) in [4.78, 5) is 29.2. The summed E-state index contributed by atoms with van der Waals surface area (Å²) in [5.41, 5.74) is 2.74. The maximum atomic E-state index is 13.4. The summed E-state index contributed by atoms with van der Waals surface area (Å²) in [5, 5.41) is 14.1. The first-order valence-electron chi connectivity index (χ1n) is 11.9. The number of rotatable bonds is 8. The minimum atomic E-state index is -0.984. The van der Waals surface area contributed by atoms with E-state index in [1.54, 1.807) is 48.7 Å². The Hall–Kier alpha value is -4.76. The van der Waals surface area contributed by atoms with Gasteiger partial charge in [0.1, 0.15) is 6.61 Å².